The molecule has 0 saturated carbocycles. The Morgan fingerprint density at radius 1 is 0.818 bits per heavy atom. The first-order chi connectivity index (χ1) is 21.4. The third kappa shape index (κ3) is 8.69. The molecule has 0 spiro atoms. The Morgan fingerprint density at radius 2 is 1.55 bits per heavy atom. The molecule has 0 unspecified atom stereocenters. The standard InChI is InChI=1S/C35H33ClN2O6/c1-4-41-29-14-12-28(13-15-29)38-35(39)27(21-37)17-26-18-30(36)34(33(20-26)40-3)44-23-25-11-16-31(32(19-25)42-5-2)43-22-24-9-7-6-8-10-24/h6-20H,4-5,22-23H2,1-3H3,(H,38,39)/b27-17+. The summed E-state index contributed by atoms with van der Waals surface area (Å²) in [5.74, 6) is 2.03. The van der Waals surface area contributed by atoms with Crippen LogP contribution in [-0.4, -0.2) is 26.2 Å². The molecular weight excluding hydrogens is 580 g/mol. The second-order valence-electron chi connectivity index (χ2n) is 9.39. The van der Waals surface area contributed by atoms with E-state index in [0.717, 1.165) is 11.1 Å². The molecule has 0 aromatic heterocycles. The highest BCUT2D eigenvalue weighted by Gasteiger charge is 2.16. The lowest BCUT2D eigenvalue weighted by Gasteiger charge is -2.16. The van der Waals surface area contributed by atoms with Crippen LogP contribution in [0, 0.1) is 11.3 Å². The normalized spacial score (nSPS) is 10.8. The predicted octanol–water partition coefficient (Wildman–Crippen LogP) is 7.85. The van der Waals surface area contributed by atoms with Gasteiger partial charge < -0.3 is 29.0 Å². The zero-order valence-corrected chi connectivity index (χ0v) is 25.5. The summed E-state index contributed by atoms with van der Waals surface area (Å²) < 4.78 is 28.8. The molecule has 0 fully saturated rings. The molecule has 44 heavy (non-hydrogen) atoms. The second-order valence-corrected chi connectivity index (χ2v) is 9.80. The van der Waals surface area contributed by atoms with Crippen LogP contribution in [0.4, 0.5) is 5.69 Å². The summed E-state index contributed by atoms with van der Waals surface area (Å²) in [4.78, 5) is 12.8. The Morgan fingerprint density at radius 3 is 2.23 bits per heavy atom. The molecular formula is C35H33ClN2O6. The molecule has 9 heteroatoms. The van der Waals surface area contributed by atoms with E-state index in [9.17, 15) is 10.1 Å². The van der Waals surface area contributed by atoms with Gasteiger partial charge in [0.2, 0.25) is 0 Å². The van der Waals surface area contributed by atoms with Crippen molar-refractivity contribution in [2.24, 2.45) is 0 Å². The van der Waals surface area contributed by atoms with Crippen LogP contribution in [0.5, 0.6) is 28.7 Å². The number of carbonyl (C=O) groups is 1. The predicted molar refractivity (Wildman–Crippen MR) is 171 cm³/mol. The van der Waals surface area contributed by atoms with Gasteiger partial charge in [-0.2, -0.15) is 5.26 Å². The summed E-state index contributed by atoms with van der Waals surface area (Å²) in [5, 5.41) is 12.6. The van der Waals surface area contributed by atoms with Crippen LogP contribution in [0.1, 0.15) is 30.5 Å². The SMILES string of the molecule is CCOc1ccc(NC(=O)/C(C#N)=C/c2cc(Cl)c(OCc3ccc(OCc4ccccc4)c(OCC)c3)c(OC)c2)cc1. The van der Waals surface area contributed by atoms with Crippen molar-refractivity contribution >= 4 is 29.3 Å². The van der Waals surface area contributed by atoms with Crippen LogP contribution in [0.15, 0.2) is 90.5 Å². The van der Waals surface area contributed by atoms with E-state index < -0.39 is 5.91 Å². The Bertz CT molecular complexity index is 1630. The molecule has 0 aliphatic carbocycles. The number of methoxy groups -OCH3 is 1. The number of halogens is 1. The summed E-state index contributed by atoms with van der Waals surface area (Å²) >= 11 is 6.59. The first-order valence-electron chi connectivity index (χ1n) is 14.0. The monoisotopic (exact) mass is 612 g/mol. The Hall–Kier alpha value is -5.13. The van der Waals surface area contributed by atoms with E-state index in [-0.39, 0.29) is 17.2 Å². The van der Waals surface area contributed by atoms with Crippen LogP contribution in [0.3, 0.4) is 0 Å². The van der Waals surface area contributed by atoms with Crippen LogP contribution in [0.25, 0.3) is 6.08 Å². The Balaban J connectivity index is 1.46. The third-order valence-electron chi connectivity index (χ3n) is 6.28. The van der Waals surface area contributed by atoms with E-state index >= 15 is 0 Å². The van der Waals surface area contributed by atoms with Crippen molar-refractivity contribution in [1.29, 1.82) is 5.26 Å². The minimum Gasteiger partial charge on any atom is -0.494 e. The molecule has 4 aromatic rings. The summed E-state index contributed by atoms with van der Waals surface area (Å²) in [6.07, 6.45) is 1.44. The average Bonchev–Trinajstić information content (AvgIpc) is 3.04. The van der Waals surface area contributed by atoms with E-state index in [1.54, 1.807) is 36.4 Å². The van der Waals surface area contributed by atoms with Crippen LogP contribution in [-0.2, 0) is 18.0 Å². The lowest BCUT2D eigenvalue weighted by Crippen LogP contribution is -2.13. The van der Waals surface area contributed by atoms with Gasteiger partial charge in [-0.05, 0) is 85.1 Å². The van der Waals surface area contributed by atoms with Gasteiger partial charge in [0.1, 0.15) is 30.6 Å². The molecule has 226 valence electrons. The highest BCUT2D eigenvalue weighted by Crippen LogP contribution is 2.38. The lowest BCUT2D eigenvalue weighted by atomic mass is 10.1. The van der Waals surface area contributed by atoms with Crippen LogP contribution in [0.2, 0.25) is 5.02 Å². The summed E-state index contributed by atoms with van der Waals surface area (Å²) in [6.45, 7) is 5.41. The maximum atomic E-state index is 12.8. The molecule has 0 bridgehead atoms. The quantitative estimate of drug-likeness (QED) is 0.114. The number of anilines is 1. The van der Waals surface area contributed by atoms with Gasteiger partial charge in [0, 0.05) is 5.69 Å². The molecule has 0 atom stereocenters. The lowest BCUT2D eigenvalue weighted by molar-refractivity contribution is -0.112. The number of carbonyl (C=O) groups excluding carboxylic acids is 1. The third-order valence-corrected chi connectivity index (χ3v) is 6.56. The van der Waals surface area contributed by atoms with Gasteiger partial charge in [0.05, 0.1) is 25.3 Å². The fourth-order valence-corrected chi connectivity index (χ4v) is 4.47. The number of rotatable bonds is 14. The highest BCUT2D eigenvalue weighted by atomic mass is 35.5. The summed E-state index contributed by atoms with van der Waals surface area (Å²) in [7, 11) is 1.49. The maximum Gasteiger partial charge on any atom is 0.266 e. The molecule has 4 aromatic carbocycles. The summed E-state index contributed by atoms with van der Waals surface area (Å²) in [5.41, 5.74) is 2.81. The van der Waals surface area contributed by atoms with Crippen molar-refractivity contribution in [2.45, 2.75) is 27.1 Å². The number of ether oxygens (including phenoxy) is 5. The molecule has 0 saturated heterocycles. The minimum atomic E-state index is -0.562. The van der Waals surface area contributed by atoms with E-state index in [4.69, 9.17) is 35.3 Å². The van der Waals surface area contributed by atoms with Crippen molar-refractivity contribution in [1.82, 2.24) is 0 Å². The highest BCUT2D eigenvalue weighted by molar-refractivity contribution is 6.32. The van der Waals surface area contributed by atoms with E-state index in [1.807, 2.05) is 68.4 Å². The van der Waals surface area contributed by atoms with E-state index in [0.29, 0.717) is 59.8 Å². The van der Waals surface area contributed by atoms with Gasteiger partial charge >= 0.3 is 0 Å². The zero-order chi connectivity index (χ0) is 31.3. The zero-order valence-electron chi connectivity index (χ0n) is 24.8. The van der Waals surface area contributed by atoms with Gasteiger partial charge in [-0.1, -0.05) is 48.0 Å². The maximum absolute atomic E-state index is 12.8. The Labute approximate surface area is 262 Å². The van der Waals surface area contributed by atoms with Gasteiger partial charge in [-0.25, -0.2) is 0 Å². The van der Waals surface area contributed by atoms with Crippen LogP contribution >= 0.6 is 11.6 Å². The molecule has 0 radical (unpaired) electrons. The molecule has 4 rings (SSSR count). The smallest absolute Gasteiger partial charge is 0.266 e. The number of hydrogen-bond acceptors (Lipinski definition) is 7. The fourth-order valence-electron chi connectivity index (χ4n) is 4.20. The van der Waals surface area contributed by atoms with E-state index in [1.165, 1.54) is 13.2 Å². The minimum absolute atomic E-state index is 0.108. The average molecular weight is 613 g/mol. The topological polar surface area (TPSA) is 99.0 Å². The number of nitrogens with one attached hydrogen (secondary N) is 1. The first kappa shape index (κ1) is 31.8. The number of nitriles is 1. The largest absolute Gasteiger partial charge is 0.494 e. The van der Waals surface area contributed by atoms with Gasteiger partial charge in [-0.3, -0.25) is 4.79 Å². The number of nitrogens with zero attached hydrogens (tertiary/aromatic N) is 1. The van der Waals surface area contributed by atoms with E-state index in [2.05, 4.69) is 5.32 Å². The van der Waals surface area contributed by atoms with Crippen molar-refractivity contribution in [3.8, 4) is 34.8 Å². The van der Waals surface area contributed by atoms with Crippen molar-refractivity contribution < 1.29 is 28.5 Å². The summed E-state index contributed by atoms with van der Waals surface area (Å²) in [6, 6.07) is 27.6. The van der Waals surface area contributed by atoms with Crippen molar-refractivity contribution in [2.75, 3.05) is 25.6 Å². The number of benzene rings is 4. The molecule has 1 N–H and O–H groups in total. The number of amides is 1. The Kier molecular flexibility index (Phi) is 11.5. The van der Waals surface area contributed by atoms with Gasteiger partial charge in [-0.15, -0.1) is 0 Å². The van der Waals surface area contributed by atoms with Crippen LogP contribution < -0.4 is 29.0 Å². The fraction of sp³-hybridized carbons (Fsp3) is 0.200. The molecule has 1 amide bonds. The van der Waals surface area contributed by atoms with Gasteiger partial charge in [0.15, 0.2) is 23.0 Å². The van der Waals surface area contributed by atoms with Crippen molar-refractivity contribution in [3.63, 3.8) is 0 Å². The van der Waals surface area contributed by atoms with Gasteiger partial charge in [0.25, 0.3) is 5.91 Å². The number of hydrogen-bond donors (Lipinski definition) is 1. The second kappa shape index (κ2) is 15.9. The first-order valence-corrected chi connectivity index (χ1v) is 14.4. The molecule has 0 aliphatic heterocycles. The molecule has 8 nitrogen and oxygen atoms in total. The molecule has 0 heterocycles. The van der Waals surface area contributed by atoms with Crippen molar-refractivity contribution in [3.05, 3.63) is 112 Å². The molecule has 0 aliphatic rings.